The molecule has 4 heteroatoms. The van der Waals surface area contributed by atoms with E-state index in [0.29, 0.717) is 6.42 Å². The van der Waals surface area contributed by atoms with Crippen LogP contribution < -0.4 is 10.6 Å². The lowest BCUT2D eigenvalue weighted by atomic mass is 9.61. The number of carbonyl (C=O) groups excluding carboxylic acids is 2. The van der Waals surface area contributed by atoms with Crippen LogP contribution in [0, 0.1) is 11.3 Å². The van der Waals surface area contributed by atoms with E-state index in [-0.39, 0.29) is 28.8 Å². The normalized spacial score (nSPS) is 26.7. The summed E-state index contributed by atoms with van der Waals surface area (Å²) in [5.41, 5.74) is -0.514. The molecule has 2 rings (SSSR count). The second-order valence-electron chi connectivity index (χ2n) is 11.1. The molecule has 1 atom stereocenters. The average Bonchev–Trinajstić information content (AvgIpc) is 2.88. The summed E-state index contributed by atoms with van der Waals surface area (Å²) in [7, 11) is 0. The smallest absolute Gasteiger partial charge is 0.233 e. The molecule has 2 N–H and O–H groups in total. The third-order valence-corrected chi connectivity index (χ3v) is 7.13. The molecule has 168 valence electrons. The van der Waals surface area contributed by atoms with Gasteiger partial charge in [-0.25, -0.2) is 0 Å². The van der Waals surface area contributed by atoms with Crippen molar-refractivity contribution >= 4 is 11.8 Å². The molecule has 2 saturated heterocycles. The SMILES string of the molecule is CCCCCCCCCCCCC1(C2CC(C)(C)NC(C)(C)C2)CC(=O)NC1=O. The number of rotatable bonds is 12. The lowest BCUT2D eigenvalue weighted by molar-refractivity contribution is -0.133. The van der Waals surface area contributed by atoms with E-state index in [4.69, 9.17) is 0 Å². The molecule has 0 aromatic heterocycles. The standard InChI is InChI=1S/C25H46N2O2/c1-6-7-8-9-10-11-12-13-14-15-16-25(19-21(28)26-22(25)29)20-17-23(2,3)27-24(4,5)18-20/h20,27H,6-19H2,1-5H3,(H,26,28,29). The number of amides is 2. The van der Waals surface area contributed by atoms with E-state index < -0.39 is 5.41 Å². The van der Waals surface area contributed by atoms with Crippen LogP contribution in [-0.4, -0.2) is 22.9 Å². The molecule has 0 bridgehead atoms. The third-order valence-electron chi connectivity index (χ3n) is 7.13. The Bertz CT molecular complexity index is 539. The highest BCUT2D eigenvalue weighted by molar-refractivity contribution is 6.06. The van der Waals surface area contributed by atoms with Crippen molar-refractivity contribution in [3.05, 3.63) is 0 Å². The van der Waals surface area contributed by atoms with Crippen molar-refractivity contribution in [2.24, 2.45) is 11.3 Å². The number of piperidine rings is 1. The van der Waals surface area contributed by atoms with Gasteiger partial charge in [-0.3, -0.25) is 14.9 Å². The van der Waals surface area contributed by atoms with Crippen molar-refractivity contribution in [2.75, 3.05) is 0 Å². The van der Waals surface area contributed by atoms with Crippen LogP contribution in [0.25, 0.3) is 0 Å². The quantitative estimate of drug-likeness (QED) is 0.314. The van der Waals surface area contributed by atoms with Gasteiger partial charge in [0.15, 0.2) is 0 Å². The van der Waals surface area contributed by atoms with Crippen LogP contribution in [0.2, 0.25) is 0 Å². The lowest BCUT2D eigenvalue weighted by Gasteiger charge is -2.51. The molecule has 2 amide bonds. The fraction of sp³-hybridized carbons (Fsp3) is 0.920. The van der Waals surface area contributed by atoms with Gasteiger partial charge in [0.05, 0.1) is 5.41 Å². The second kappa shape index (κ2) is 10.4. The largest absolute Gasteiger partial charge is 0.307 e. The van der Waals surface area contributed by atoms with Crippen molar-refractivity contribution in [1.29, 1.82) is 0 Å². The molecule has 0 aromatic rings. The molecular formula is C25H46N2O2. The Morgan fingerprint density at radius 1 is 0.793 bits per heavy atom. The fourth-order valence-electron chi connectivity index (χ4n) is 6.04. The van der Waals surface area contributed by atoms with E-state index in [1.807, 2.05) is 0 Å². The first-order valence-electron chi connectivity index (χ1n) is 12.2. The molecule has 2 fully saturated rings. The number of carbonyl (C=O) groups is 2. The molecular weight excluding hydrogens is 360 g/mol. The zero-order valence-electron chi connectivity index (χ0n) is 19.8. The monoisotopic (exact) mass is 406 g/mol. The summed E-state index contributed by atoms with van der Waals surface area (Å²) in [5.74, 6) is 0.187. The molecule has 0 aromatic carbocycles. The Hall–Kier alpha value is -0.900. The predicted molar refractivity (Wildman–Crippen MR) is 121 cm³/mol. The average molecular weight is 407 g/mol. The van der Waals surface area contributed by atoms with E-state index >= 15 is 0 Å². The van der Waals surface area contributed by atoms with Gasteiger partial charge in [-0.1, -0.05) is 71.1 Å². The van der Waals surface area contributed by atoms with Crippen molar-refractivity contribution < 1.29 is 9.59 Å². The first kappa shape index (κ1) is 24.4. The summed E-state index contributed by atoms with van der Waals surface area (Å²) in [6.07, 6.45) is 16.1. The van der Waals surface area contributed by atoms with Crippen LogP contribution in [0.1, 0.15) is 125 Å². The van der Waals surface area contributed by atoms with Crippen LogP contribution in [0.5, 0.6) is 0 Å². The molecule has 29 heavy (non-hydrogen) atoms. The number of nitrogens with one attached hydrogen (secondary N) is 2. The Morgan fingerprint density at radius 2 is 1.28 bits per heavy atom. The van der Waals surface area contributed by atoms with E-state index in [1.165, 1.54) is 57.8 Å². The maximum absolute atomic E-state index is 13.0. The van der Waals surface area contributed by atoms with Gasteiger partial charge in [-0.15, -0.1) is 0 Å². The highest BCUT2D eigenvalue weighted by atomic mass is 16.2. The van der Waals surface area contributed by atoms with Crippen LogP contribution in [-0.2, 0) is 9.59 Å². The van der Waals surface area contributed by atoms with E-state index in [2.05, 4.69) is 45.3 Å². The van der Waals surface area contributed by atoms with Gasteiger partial charge >= 0.3 is 0 Å². The zero-order chi connectivity index (χ0) is 21.5. The highest BCUT2D eigenvalue weighted by Gasteiger charge is 2.55. The Balaban J connectivity index is 1.86. The Morgan fingerprint density at radius 3 is 1.72 bits per heavy atom. The molecule has 2 heterocycles. The van der Waals surface area contributed by atoms with Gasteiger partial charge in [0.2, 0.25) is 11.8 Å². The molecule has 2 aliphatic rings. The van der Waals surface area contributed by atoms with Crippen LogP contribution >= 0.6 is 0 Å². The predicted octanol–water partition coefficient (Wildman–Crippen LogP) is 5.89. The van der Waals surface area contributed by atoms with Crippen molar-refractivity contribution in [2.45, 2.75) is 136 Å². The van der Waals surface area contributed by atoms with Gasteiger partial charge in [0.1, 0.15) is 0 Å². The molecule has 4 nitrogen and oxygen atoms in total. The van der Waals surface area contributed by atoms with Crippen molar-refractivity contribution in [3.63, 3.8) is 0 Å². The summed E-state index contributed by atoms with van der Waals surface area (Å²) < 4.78 is 0. The van der Waals surface area contributed by atoms with Crippen molar-refractivity contribution in [1.82, 2.24) is 10.6 Å². The minimum absolute atomic E-state index is 0.00285. The summed E-state index contributed by atoms with van der Waals surface area (Å²) in [4.78, 5) is 25.1. The number of hydrogen-bond donors (Lipinski definition) is 2. The van der Waals surface area contributed by atoms with E-state index in [0.717, 1.165) is 25.7 Å². The first-order chi connectivity index (χ1) is 13.6. The fourth-order valence-corrected chi connectivity index (χ4v) is 6.04. The third kappa shape index (κ3) is 7.08. The van der Waals surface area contributed by atoms with E-state index in [1.54, 1.807) is 0 Å². The van der Waals surface area contributed by atoms with Crippen LogP contribution in [0.15, 0.2) is 0 Å². The second-order valence-corrected chi connectivity index (χ2v) is 11.1. The molecule has 0 spiro atoms. The number of hydrogen-bond acceptors (Lipinski definition) is 3. The van der Waals surface area contributed by atoms with Gasteiger partial charge in [-0.2, -0.15) is 0 Å². The van der Waals surface area contributed by atoms with Gasteiger partial charge in [-0.05, 0) is 52.9 Å². The van der Waals surface area contributed by atoms with Crippen LogP contribution in [0.3, 0.4) is 0 Å². The molecule has 2 aliphatic heterocycles. The first-order valence-corrected chi connectivity index (χ1v) is 12.2. The Labute approximate surface area is 179 Å². The molecule has 0 saturated carbocycles. The van der Waals surface area contributed by atoms with Crippen molar-refractivity contribution in [3.8, 4) is 0 Å². The molecule has 0 radical (unpaired) electrons. The number of unbranched alkanes of at least 4 members (excludes halogenated alkanes) is 9. The van der Waals surface area contributed by atoms with Gasteiger partial charge < -0.3 is 5.32 Å². The summed E-state index contributed by atoms with van der Waals surface area (Å²) in [6, 6.07) is 0. The summed E-state index contributed by atoms with van der Waals surface area (Å²) in [5, 5.41) is 6.37. The maximum atomic E-state index is 13.0. The lowest BCUT2D eigenvalue weighted by Crippen LogP contribution is -2.60. The minimum Gasteiger partial charge on any atom is -0.307 e. The minimum atomic E-state index is -0.492. The van der Waals surface area contributed by atoms with Gasteiger partial charge in [0.25, 0.3) is 0 Å². The number of imide groups is 1. The summed E-state index contributed by atoms with van der Waals surface area (Å²) in [6.45, 7) is 11.2. The molecule has 1 unspecified atom stereocenters. The zero-order valence-corrected chi connectivity index (χ0v) is 19.8. The maximum Gasteiger partial charge on any atom is 0.233 e. The topological polar surface area (TPSA) is 58.2 Å². The van der Waals surface area contributed by atoms with Gasteiger partial charge in [0, 0.05) is 17.5 Å². The Kier molecular flexibility index (Phi) is 8.75. The van der Waals surface area contributed by atoms with E-state index in [9.17, 15) is 9.59 Å². The summed E-state index contributed by atoms with van der Waals surface area (Å²) >= 11 is 0. The van der Waals surface area contributed by atoms with Crippen LogP contribution in [0.4, 0.5) is 0 Å². The highest BCUT2D eigenvalue weighted by Crippen LogP contribution is 2.49. The molecule has 0 aliphatic carbocycles.